The number of alkyl halides is 1. The molecule has 17 heavy (non-hydrogen) atoms. The summed E-state index contributed by atoms with van der Waals surface area (Å²) < 4.78 is 33.9. The minimum atomic E-state index is -1.85. The van der Waals surface area contributed by atoms with Crippen molar-refractivity contribution >= 4 is 11.1 Å². The summed E-state index contributed by atoms with van der Waals surface area (Å²) in [6.45, 7) is 3.43. The number of halogens is 1. The molecule has 0 aliphatic carbocycles. The molecule has 2 rings (SSSR count). The zero-order valence-corrected chi connectivity index (χ0v) is 10.9. The highest BCUT2D eigenvalue weighted by atomic mass is 32.2. The molecule has 2 fully saturated rings. The summed E-state index contributed by atoms with van der Waals surface area (Å²) in [7, 11) is 0. The van der Waals surface area contributed by atoms with Gasteiger partial charge in [-0.25, -0.2) is 8.60 Å². The van der Waals surface area contributed by atoms with Crippen LogP contribution in [0.5, 0.6) is 0 Å². The molecule has 1 N–H and O–H groups in total. The van der Waals surface area contributed by atoms with Crippen LogP contribution in [0, 0.1) is 0 Å². The first-order valence-electron chi connectivity index (χ1n) is 6.37. The zero-order chi connectivity index (χ0) is 12.3. The largest absolute Gasteiger partial charge is 0.305 e. The monoisotopic (exact) mass is 264 g/mol. The summed E-state index contributed by atoms with van der Waals surface area (Å²) in [6, 6.07) is 0. The fraction of sp³-hybridized carbons (Fsp3) is 1.00. The van der Waals surface area contributed by atoms with E-state index in [4.69, 9.17) is 0 Å². The summed E-state index contributed by atoms with van der Waals surface area (Å²) in [6.07, 6.45) is 3.20. The third-order valence-corrected chi connectivity index (χ3v) is 4.57. The Morgan fingerprint density at radius 2 is 2.00 bits per heavy atom. The number of likely N-dealkylation sites (tertiary alicyclic amines) is 2. The Kier molecular flexibility index (Phi) is 4.90. The van der Waals surface area contributed by atoms with Crippen molar-refractivity contribution in [2.45, 2.75) is 37.2 Å². The molecule has 0 bridgehead atoms. The third kappa shape index (κ3) is 3.71. The van der Waals surface area contributed by atoms with Crippen LogP contribution in [0.3, 0.4) is 0 Å². The van der Waals surface area contributed by atoms with E-state index in [0.717, 1.165) is 25.9 Å². The second-order valence-electron chi connectivity index (χ2n) is 4.97. The smallest absolute Gasteiger partial charge is 0.172 e. The van der Waals surface area contributed by atoms with Crippen molar-refractivity contribution in [3.8, 4) is 0 Å². The second-order valence-corrected chi connectivity index (χ2v) is 6.07. The van der Waals surface area contributed by atoms with Crippen molar-refractivity contribution < 1.29 is 13.2 Å². The van der Waals surface area contributed by atoms with Crippen molar-refractivity contribution in [3.05, 3.63) is 0 Å². The average molecular weight is 264 g/mol. The molecule has 0 saturated carbocycles. The third-order valence-electron chi connectivity index (χ3n) is 3.66. The number of piperidine rings is 1. The summed E-state index contributed by atoms with van der Waals surface area (Å²) in [5.41, 5.74) is 0. The lowest BCUT2D eigenvalue weighted by Crippen LogP contribution is -2.48. The molecule has 2 aliphatic rings. The molecule has 0 radical (unpaired) electrons. The van der Waals surface area contributed by atoms with Gasteiger partial charge in [0.1, 0.15) is 11.5 Å². The van der Waals surface area contributed by atoms with Gasteiger partial charge in [0.25, 0.3) is 0 Å². The van der Waals surface area contributed by atoms with Gasteiger partial charge in [-0.05, 0) is 32.4 Å². The Balaban J connectivity index is 1.90. The summed E-state index contributed by atoms with van der Waals surface area (Å²) in [4.78, 5) is 4.06. The molecule has 0 aromatic heterocycles. The van der Waals surface area contributed by atoms with E-state index in [1.54, 1.807) is 0 Å². The van der Waals surface area contributed by atoms with Gasteiger partial charge in [0.05, 0.1) is 0 Å². The maximum absolute atomic E-state index is 13.1. The van der Waals surface area contributed by atoms with E-state index in [1.165, 1.54) is 6.42 Å². The molecule has 6 heteroatoms. The van der Waals surface area contributed by atoms with Gasteiger partial charge in [0, 0.05) is 19.6 Å². The second kappa shape index (κ2) is 6.22. The molecule has 2 aliphatic heterocycles. The van der Waals surface area contributed by atoms with Crippen molar-refractivity contribution in [1.29, 1.82) is 0 Å². The van der Waals surface area contributed by atoms with E-state index >= 15 is 0 Å². The molecule has 0 aromatic rings. The van der Waals surface area contributed by atoms with Gasteiger partial charge in [0.15, 0.2) is 11.1 Å². The van der Waals surface area contributed by atoms with Gasteiger partial charge in [-0.15, -0.1) is 0 Å². The summed E-state index contributed by atoms with van der Waals surface area (Å²) >= 11 is -1.85. The van der Waals surface area contributed by atoms with Gasteiger partial charge in [-0.2, -0.15) is 0 Å². The van der Waals surface area contributed by atoms with E-state index in [1.807, 2.05) is 4.90 Å². The van der Waals surface area contributed by atoms with Crippen LogP contribution in [0.4, 0.5) is 4.39 Å². The van der Waals surface area contributed by atoms with E-state index in [-0.39, 0.29) is 5.37 Å². The summed E-state index contributed by atoms with van der Waals surface area (Å²) in [5, 5.41) is -0.347. The number of rotatable bonds is 4. The Hall–Kier alpha value is -0.0400. The quantitative estimate of drug-likeness (QED) is 0.771. The fourth-order valence-electron chi connectivity index (χ4n) is 2.69. The number of hydrogen-bond acceptors (Lipinski definition) is 3. The van der Waals surface area contributed by atoms with E-state index in [2.05, 4.69) is 4.90 Å². The predicted octanol–water partition coefficient (Wildman–Crippen LogP) is 1.06. The number of nitrogens with zero attached hydrogens (tertiary/aromatic N) is 2. The normalized spacial score (nSPS) is 31.5. The molecule has 0 spiro atoms. The highest BCUT2D eigenvalue weighted by molar-refractivity contribution is 7.79. The Labute approximate surface area is 104 Å². The van der Waals surface area contributed by atoms with E-state index in [9.17, 15) is 13.2 Å². The van der Waals surface area contributed by atoms with Gasteiger partial charge in [-0.3, -0.25) is 9.80 Å². The first-order valence-corrected chi connectivity index (χ1v) is 7.54. The maximum Gasteiger partial charge on any atom is 0.172 e. The lowest BCUT2D eigenvalue weighted by molar-refractivity contribution is 0.165. The lowest BCUT2D eigenvalue weighted by Gasteiger charge is -2.34. The molecular formula is C11H21FN2O2S. The molecule has 4 nitrogen and oxygen atoms in total. The van der Waals surface area contributed by atoms with Crippen LogP contribution in [0.25, 0.3) is 0 Å². The summed E-state index contributed by atoms with van der Waals surface area (Å²) in [5.74, 6) is 0. The number of hydrogen-bond donors (Lipinski definition) is 1. The Bertz CT molecular complexity index is 274. The van der Waals surface area contributed by atoms with Crippen molar-refractivity contribution in [3.63, 3.8) is 0 Å². The highest BCUT2D eigenvalue weighted by Gasteiger charge is 2.30. The average Bonchev–Trinajstić information content (AvgIpc) is 2.73. The lowest BCUT2D eigenvalue weighted by atomic mass is 10.1. The van der Waals surface area contributed by atoms with Crippen LogP contribution < -0.4 is 0 Å². The van der Waals surface area contributed by atoms with Gasteiger partial charge >= 0.3 is 0 Å². The van der Waals surface area contributed by atoms with Crippen molar-refractivity contribution in [1.82, 2.24) is 9.80 Å². The first kappa shape index (κ1) is 13.4. The molecule has 2 saturated heterocycles. The van der Waals surface area contributed by atoms with Gasteiger partial charge in [0.2, 0.25) is 0 Å². The van der Waals surface area contributed by atoms with E-state index in [0.29, 0.717) is 26.1 Å². The molecular weight excluding hydrogens is 243 g/mol. The van der Waals surface area contributed by atoms with Crippen molar-refractivity contribution in [2.24, 2.45) is 0 Å². The van der Waals surface area contributed by atoms with Gasteiger partial charge in [-0.1, -0.05) is 6.42 Å². The van der Waals surface area contributed by atoms with Crippen LogP contribution in [-0.4, -0.2) is 62.8 Å². The minimum Gasteiger partial charge on any atom is -0.305 e. The molecule has 100 valence electrons. The van der Waals surface area contributed by atoms with Crippen LogP contribution in [0.1, 0.15) is 25.7 Å². The Morgan fingerprint density at radius 1 is 1.29 bits per heavy atom. The zero-order valence-electron chi connectivity index (χ0n) is 10.1. The Morgan fingerprint density at radius 3 is 2.53 bits per heavy atom. The van der Waals surface area contributed by atoms with Crippen LogP contribution >= 0.6 is 0 Å². The van der Waals surface area contributed by atoms with Crippen LogP contribution in [0.15, 0.2) is 0 Å². The standard InChI is InChI=1S/C11H21FN2O2S/c12-10-4-7-13(8-10)9-11(17(15)16)14-5-2-1-3-6-14/h10-11H,1-9H2,(H,15,16)/t10-,11?/m1/s1. The van der Waals surface area contributed by atoms with Crippen LogP contribution in [-0.2, 0) is 11.1 Å². The minimum absolute atomic E-state index is 0.347. The molecule has 2 heterocycles. The topological polar surface area (TPSA) is 43.8 Å². The highest BCUT2D eigenvalue weighted by Crippen LogP contribution is 2.18. The maximum atomic E-state index is 13.1. The first-order chi connectivity index (χ1) is 8.16. The van der Waals surface area contributed by atoms with Crippen molar-refractivity contribution in [2.75, 3.05) is 32.7 Å². The predicted molar refractivity (Wildman–Crippen MR) is 65.9 cm³/mol. The van der Waals surface area contributed by atoms with Crippen LogP contribution in [0.2, 0.25) is 0 Å². The SMILES string of the molecule is O=S(O)C(CN1CC[C@@H](F)C1)N1CCCCC1. The molecule has 2 unspecified atom stereocenters. The molecule has 0 aromatic carbocycles. The van der Waals surface area contributed by atoms with E-state index < -0.39 is 17.3 Å². The molecule has 3 atom stereocenters. The fourth-order valence-corrected chi connectivity index (χ4v) is 3.49. The van der Waals surface area contributed by atoms with Gasteiger partial charge < -0.3 is 4.55 Å². The molecule has 0 amide bonds.